The first-order chi connectivity index (χ1) is 16.3. The topological polar surface area (TPSA) is 107 Å². The lowest BCUT2D eigenvalue weighted by atomic mass is 10.0. The number of furan rings is 1. The summed E-state index contributed by atoms with van der Waals surface area (Å²) in [6.45, 7) is 3.62. The molecule has 0 atom stereocenters. The molecule has 4 aromatic rings. The van der Waals surface area contributed by atoms with Crippen molar-refractivity contribution in [2.24, 2.45) is 0 Å². The Bertz CT molecular complexity index is 1530. The molecule has 0 spiro atoms. The van der Waals surface area contributed by atoms with Crippen LogP contribution in [0.1, 0.15) is 53.5 Å². The highest BCUT2D eigenvalue weighted by Gasteiger charge is 2.36. The van der Waals surface area contributed by atoms with E-state index in [0.717, 1.165) is 16.0 Å². The van der Waals surface area contributed by atoms with E-state index in [-0.39, 0.29) is 29.8 Å². The third kappa shape index (κ3) is 3.59. The summed E-state index contributed by atoms with van der Waals surface area (Å²) < 4.78 is 16.0. The number of hydrogen-bond donors (Lipinski definition) is 0. The van der Waals surface area contributed by atoms with Crippen LogP contribution in [-0.4, -0.2) is 22.7 Å². The third-order valence-electron chi connectivity index (χ3n) is 5.98. The van der Waals surface area contributed by atoms with Crippen molar-refractivity contribution >= 4 is 28.8 Å². The molecule has 0 radical (unpaired) electrons. The van der Waals surface area contributed by atoms with Crippen LogP contribution in [0.25, 0.3) is 11.0 Å². The summed E-state index contributed by atoms with van der Waals surface area (Å²) in [4.78, 5) is 51.3. The molecule has 170 valence electrons. The molecule has 0 fully saturated rings. The zero-order valence-electron chi connectivity index (χ0n) is 18.4. The minimum atomic E-state index is -0.683. The van der Waals surface area contributed by atoms with Gasteiger partial charge in [-0.25, -0.2) is 9.59 Å². The SMILES string of the molecule is Cc1ccc2c(COC(=O)c3ccc4c(c3)C(=O)N(Cc3ccco3)C4=O)cc(=O)oc2c1C. The molecule has 0 unspecified atom stereocenters. The zero-order chi connectivity index (χ0) is 24.0. The van der Waals surface area contributed by atoms with E-state index in [9.17, 15) is 19.2 Å². The van der Waals surface area contributed by atoms with Gasteiger partial charge >= 0.3 is 11.6 Å². The smallest absolute Gasteiger partial charge is 0.338 e. The van der Waals surface area contributed by atoms with Crippen LogP contribution >= 0.6 is 0 Å². The second kappa shape index (κ2) is 8.15. The average molecular weight is 457 g/mol. The van der Waals surface area contributed by atoms with E-state index in [1.165, 1.54) is 30.5 Å². The first-order valence-corrected chi connectivity index (χ1v) is 10.6. The van der Waals surface area contributed by atoms with E-state index >= 15 is 0 Å². The van der Waals surface area contributed by atoms with Gasteiger partial charge in [-0.15, -0.1) is 0 Å². The first-order valence-electron chi connectivity index (χ1n) is 10.6. The van der Waals surface area contributed by atoms with E-state index in [4.69, 9.17) is 13.6 Å². The maximum absolute atomic E-state index is 12.8. The van der Waals surface area contributed by atoms with Crippen LogP contribution in [0.2, 0.25) is 0 Å². The number of aryl methyl sites for hydroxylation is 2. The van der Waals surface area contributed by atoms with Crippen LogP contribution in [0, 0.1) is 13.8 Å². The molecule has 0 bridgehead atoms. The van der Waals surface area contributed by atoms with E-state index in [2.05, 4.69) is 0 Å². The van der Waals surface area contributed by atoms with Gasteiger partial charge in [-0.3, -0.25) is 14.5 Å². The van der Waals surface area contributed by atoms with Gasteiger partial charge in [0.2, 0.25) is 0 Å². The summed E-state index contributed by atoms with van der Waals surface area (Å²) >= 11 is 0. The molecule has 2 aromatic heterocycles. The summed E-state index contributed by atoms with van der Waals surface area (Å²) in [5.41, 5.74) is 2.71. The molecule has 8 heteroatoms. The van der Waals surface area contributed by atoms with Gasteiger partial charge in [0.15, 0.2) is 0 Å². The minimum Gasteiger partial charge on any atom is -0.467 e. The van der Waals surface area contributed by atoms with Crippen LogP contribution in [0.5, 0.6) is 0 Å². The number of rotatable bonds is 5. The van der Waals surface area contributed by atoms with E-state index in [0.29, 0.717) is 22.3 Å². The van der Waals surface area contributed by atoms with E-state index < -0.39 is 23.4 Å². The van der Waals surface area contributed by atoms with Gasteiger partial charge in [0.25, 0.3) is 11.8 Å². The summed E-state index contributed by atoms with van der Waals surface area (Å²) in [5, 5.41) is 0.679. The maximum atomic E-state index is 12.8. The molecule has 1 aliphatic rings. The van der Waals surface area contributed by atoms with Crippen molar-refractivity contribution in [3.63, 3.8) is 0 Å². The predicted molar refractivity (Wildman–Crippen MR) is 120 cm³/mol. The molecule has 1 aliphatic heterocycles. The molecular formula is C26H19NO7. The Kier molecular flexibility index (Phi) is 5.13. The maximum Gasteiger partial charge on any atom is 0.338 e. The van der Waals surface area contributed by atoms with Gasteiger partial charge in [-0.1, -0.05) is 12.1 Å². The molecule has 2 aromatic carbocycles. The van der Waals surface area contributed by atoms with Crippen molar-refractivity contribution in [3.05, 3.63) is 104 Å². The number of carbonyl (C=O) groups excluding carboxylic acids is 3. The Hall–Kier alpha value is -4.46. The zero-order valence-corrected chi connectivity index (χ0v) is 18.4. The molecule has 0 saturated heterocycles. The number of nitrogens with zero attached hydrogens (tertiary/aromatic N) is 1. The Morgan fingerprint density at radius 1 is 0.971 bits per heavy atom. The van der Waals surface area contributed by atoms with Gasteiger partial charge in [0, 0.05) is 17.0 Å². The van der Waals surface area contributed by atoms with Crippen molar-refractivity contribution in [1.82, 2.24) is 4.90 Å². The minimum absolute atomic E-state index is 0.00167. The fourth-order valence-electron chi connectivity index (χ4n) is 3.99. The Morgan fingerprint density at radius 3 is 2.53 bits per heavy atom. The lowest BCUT2D eigenvalue weighted by Gasteiger charge is -2.11. The van der Waals surface area contributed by atoms with Gasteiger partial charge in [-0.05, 0) is 55.3 Å². The van der Waals surface area contributed by atoms with Crippen molar-refractivity contribution in [1.29, 1.82) is 0 Å². The first kappa shape index (κ1) is 21.4. The monoisotopic (exact) mass is 457 g/mol. The molecule has 5 rings (SSSR count). The Morgan fingerprint density at radius 2 is 1.76 bits per heavy atom. The number of hydrogen-bond acceptors (Lipinski definition) is 7. The summed E-state index contributed by atoms with van der Waals surface area (Å²) in [6.07, 6.45) is 1.46. The highest BCUT2D eigenvalue weighted by atomic mass is 16.5. The van der Waals surface area contributed by atoms with Crippen LogP contribution in [0.15, 0.2) is 68.4 Å². The molecule has 34 heavy (non-hydrogen) atoms. The fraction of sp³-hybridized carbons (Fsp3) is 0.154. The largest absolute Gasteiger partial charge is 0.467 e. The summed E-state index contributed by atoms with van der Waals surface area (Å²) in [6, 6.07) is 12.6. The van der Waals surface area contributed by atoms with Crippen molar-refractivity contribution in [3.8, 4) is 0 Å². The standard InChI is InChI=1S/C26H19NO7/c1-14-5-7-19-17(11-22(28)34-23(19)15(14)2)13-33-26(31)16-6-8-20-21(10-16)25(30)27(24(20)29)12-18-4-3-9-32-18/h3-11H,12-13H2,1-2H3. The second-order valence-corrected chi connectivity index (χ2v) is 8.09. The summed E-state index contributed by atoms with van der Waals surface area (Å²) in [5.74, 6) is -1.18. The van der Waals surface area contributed by atoms with E-state index in [1.54, 1.807) is 12.1 Å². The normalized spacial score (nSPS) is 12.9. The molecular weight excluding hydrogens is 438 g/mol. The molecule has 0 N–H and O–H groups in total. The predicted octanol–water partition coefficient (Wildman–Crippen LogP) is 4.16. The molecule has 0 aliphatic carbocycles. The number of fused-ring (bicyclic) bond motifs is 2. The average Bonchev–Trinajstić information content (AvgIpc) is 3.42. The van der Waals surface area contributed by atoms with Crippen molar-refractivity contribution in [2.45, 2.75) is 27.0 Å². The van der Waals surface area contributed by atoms with Gasteiger partial charge in [-0.2, -0.15) is 0 Å². The second-order valence-electron chi connectivity index (χ2n) is 8.09. The number of imide groups is 1. The molecule has 3 heterocycles. The Labute approximate surface area is 193 Å². The van der Waals surface area contributed by atoms with Crippen LogP contribution < -0.4 is 5.63 Å². The van der Waals surface area contributed by atoms with Crippen LogP contribution in [-0.2, 0) is 17.9 Å². The molecule has 8 nitrogen and oxygen atoms in total. The fourth-order valence-corrected chi connectivity index (χ4v) is 3.99. The number of benzene rings is 2. The number of carbonyl (C=O) groups is 3. The summed E-state index contributed by atoms with van der Waals surface area (Å²) in [7, 11) is 0. The highest BCUT2D eigenvalue weighted by Crippen LogP contribution is 2.27. The lowest BCUT2D eigenvalue weighted by molar-refractivity contribution is 0.0473. The van der Waals surface area contributed by atoms with Crippen molar-refractivity contribution < 1.29 is 28.0 Å². The third-order valence-corrected chi connectivity index (χ3v) is 5.98. The Balaban J connectivity index is 1.37. The molecule has 2 amide bonds. The highest BCUT2D eigenvalue weighted by molar-refractivity contribution is 6.21. The van der Waals surface area contributed by atoms with Gasteiger partial charge in [0.1, 0.15) is 18.0 Å². The van der Waals surface area contributed by atoms with Crippen molar-refractivity contribution in [2.75, 3.05) is 0 Å². The van der Waals surface area contributed by atoms with Gasteiger partial charge < -0.3 is 13.6 Å². The quantitative estimate of drug-likeness (QED) is 0.252. The number of amides is 2. The van der Waals surface area contributed by atoms with E-state index in [1.807, 2.05) is 26.0 Å². The van der Waals surface area contributed by atoms with Crippen LogP contribution in [0.4, 0.5) is 0 Å². The number of ether oxygens (including phenoxy) is 1. The number of esters is 1. The van der Waals surface area contributed by atoms with Gasteiger partial charge in [0.05, 0.1) is 29.5 Å². The molecule has 0 saturated carbocycles. The lowest BCUT2D eigenvalue weighted by Crippen LogP contribution is -2.28. The van der Waals surface area contributed by atoms with Crippen LogP contribution in [0.3, 0.4) is 0 Å².